The third kappa shape index (κ3) is 5.29. The Kier molecular flexibility index (Phi) is 7.15. The van der Waals surface area contributed by atoms with Gasteiger partial charge in [0.2, 0.25) is 5.91 Å². The Morgan fingerprint density at radius 2 is 2.20 bits per heavy atom. The summed E-state index contributed by atoms with van der Waals surface area (Å²) in [6.45, 7) is 5.06. The van der Waals surface area contributed by atoms with Crippen molar-refractivity contribution < 1.29 is 9.53 Å². The summed E-state index contributed by atoms with van der Waals surface area (Å²) in [6, 6.07) is 9.15. The van der Waals surface area contributed by atoms with Gasteiger partial charge >= 0.3 is 0 Å². The average molecular weight is 275 g/mol. The molecule has 1 unspecified atom stereocenters. The number of carbonyl (C=O) groups excluding carboxylic acids is 1. The number of hydrogen-bond donors (Lipinski definition) is 2. The van der Waals surface area contributed by atoms with E-state index in [-0.39, 0.29) is 18.6 Å². The standard InChI is InChI=1S/C15H21N3O2/c1-3-9-17-15(19)12(2)18-11-13-6-4-5-7-14(13)20-10-8-16/h4-7,12,18H,3,9-11H2,1-2H3,(H,17,19). The van der Waals surface area contributed by atoms with Crippen LogP contribution in [0.5, 0.6) is 5.75 Å². The SMILES string of the molecule is CCCNC(=O)C(C)NCc1ccccc1OCC#N. The second-order valence-corrected chi connectivity index (χ2v) is 4.45. The summed E-state index contributed by atoms with van der Waals surface area (Å²) in [5, 5.41) is 14.5. The number of rotatable bonds is 8. The number of ether oxygens (including phenoxy) is 1. The number of nitriles is 1. The molecule has 1 rings (SSSR count). The number of carbonyl (C=O) groups is 1. The van der Waals surface area contributed by atoms with Crippen LogP contribution in [-0.4, -0.2) is 25.1 Å². The van der Waals surface area contributed by atoms with Crippen LogP contribution in [0, 0.1) is 11.3 Å². The maximum absolute atomic E-state index is 11.7. The minimum absolute atomic E-state index is 0.0118. The molecular weight excluding hydrogens is 254 g/mol. The van der Waals surface area contributed by atoms with Gasteiger partial charge < -0.3 is 15.4 Å². The minimum atomic E-state index is -0.273. The number of nitrogens with one attached hydrogen (secondary N) is 2. The largest absolute Gasteiger partial charge is 0.478 e. The fraction of sp³-hybridized carbons (Fsp3) is 0.467. The van der Waals surface area contributed by atoms with E-state index in [2.05, 4.69) is 10.6 Å². The fourth-order valence-electron chi connectivity index (χ4n) is 1.66. The first kappa shape index (κ1) is 16.0. The van der Waals surface area contributed by atoms with Crippen molar-refractivity contribution in [1.82, 2.24) is 10.6 Å². The Morgan fingerprint density at radius 3 is 2.90 bits per heavy atom. The van der Waals surface area contributed by atoms with Crippen LogP contribution in [0.3, 0.4) is 0 Å². The molecule has 20 heavy (non-hydrogen) atoms. The third-order valence-corrected chi connectivity index (χ3v) is 2.81. The van der Waals surface area contributed by atoms with Gasteiger partial charge in [0.15, 0.2) is 6.61 Å². The Labute approximate surface area is 119 Å². The highest BCUT2D eigenvalue weighted by Crippen LogP contribution is 2.17. The maximum atomic E-state index is 11.7. The minimum Gasteiger partial charge on any atom is -0.478 e. The van der Waals surface area contributed by atoms with Crippen molar-refractivity contribution in [3.63, 3.8) is 0 Å². The van der Waals surface area contributed by atoms with Crippen molar-refractivity contribution in [2.75, 3.05) is 13.2 Å². The van der Waals surface area contributed by atoms with E-state index in [0.29, 0.717) is 18.8 Å². The summed E-state index contributed by atoms with van der Waals surface area (Å²) in [4.78, 5) is 11.7. The van der Waals surface area contributed by atoms with Gasteiger partial charge in [-0.05, 0) is 19.4 Å². The first-order valence-corrected chi connectivity index (χ1v) is 6.77. The quantitative estimate of drug-likeness (QED) is 0.755. The van der Waals surface area contributed by atoms with E-state index in [9.17, 15) is 4.79 Å². The van der Waals surface area contributed by atoms with E-state index in [4.69, 9.17) is 10.00 Å². The van der Waals surface area contributed by atoms with Crippen molar-refractivity contribution >= 4 is 5.91 Å². The normalized spacial score (nSPS) is 11.4. The lowest BCUT2D eigenvalue weighted by Crippen LogP contribution is -2.42. The highest BCUT2D eigenvalue weighted by atomic mass is 16.5. The second-order valence-electron chi connectivity index (χ2n) is 4.45. The Hall–Kier alpha value is -2.06. The summed E-state index contributed by atoms with van der Waals surface area (Å²) in [5.41, 5.74) is 0.929. The van der Waals surface area contributed by atoms with E-state index >= 15 is 0 Å². The fourth-order valence-corrected chi connectivity index (χ4v) is 1.66. The molecule has 5 heteroatoms. The van der Waals surface area contributed by atoms with Gasteiger partial charge in [-0.2, -0.15) is 5.26 Å². The Balaban J connectivity index is 2.52. The monoisotopic (exact) mass is 275 g/mol. The van der Waals surface area contributed by atoms with Crippen molar-refractivity contribution in [1.29, 1.82) is 5.26 Å². The highest BCUT2D eigenvalue weighted by Gasteiger charge is 2.12. The van der Waals surface area contributed by atoms with Gasteiger partial charge in [0.05, 0.1) is 6.04 Å². The van der Waals surface area contributed by atoms with Gasteiger partial charge in [-0.1, -0.05) is 25.1 Å². The molecule has 1 aromatic carbocycles. The molecule has 1 aromatic rings. The van der Waals surface area contributed by atoms with Crippen molar-refractivity contribution in [3.8, 4) is 11.8 Å². The van der Waals surface area contributed by atoms with Crippen molar-refractivity contribution in [2.24, 2.45) is 0 Å². The molecule has 0 bridgehead atoms. The van der Waals surface area contributed by atoms with E-state index in [1.165, 1.54) is 0 Å². The lowest BCUT2D eigenvalue weighted by atomic mass is 10.2. The zero-order valence-electron chi connectivity index (χ0n) is 12.0. The number of para-hydroxylation sites is 1. The average Bonchev–Trinajstić information content (AvgIpc) is 2.48. The topological polar surface area (TPSA) is 74.2 Å². The smallest absolute Gasteiger partial charge is 0.236 e. The van der Waals surface area contributed by atoms with Gasteiger partial charge in [0.25, 0.3) is 0 Å². The highest BCUT2D eigenvalue weighted by molar-refractivity contribution is 5.81. The van der Waals surface area contributed by atoms with Crippen LogP contribution in [0.1, 0.15) is 25.8 Å². The van der Waals surface area contributed by atoms with Gasteiger partial charge in [0.1, 0.15) is 11.8 Å². The van der Waals surface area contributed by atoms with Crippen LogP contribution in [0.2, 0.25) is 0 Å². The molecule has 1 amide bonds. The molecule has 0 aliphatic heterocycles. The maximum Gasteiger partial charge on any atom is 0.236 e. The van der Waals surface area contributed by atoms with Crippen molar-refractivity contribution in [2.45, 2.75) is 32.9 Å². The van der Waals surface area contributed by atoms with E-state index < -0.39 is 0 Å². The predicted octanol–water partition coefficient (Wildman–Crippen LogP) is 1.59. The third-order valence-electron chi connectivity index (χ3n) is 2.81. The lowest BCUT2D eigenvalue weighted by Gasteiger charge is -2.15. The summed E-state index contributed by atoms with van der Waals surface area (Å²) < 4.78 is 5.34. The molecule has 108 valence electrons. The first-order chi connectivity index (χ1) is 9.69. The van der Waals surface area contributed by atoms with Crippen LogP contribution in [0.15, 0.2) is 24.3 Å². The van der Waals surface area contributed by atoms with Crippen LogP contribution in [0.25, 0.3) is 0 Å². The van der Waals surface area contributed by atoms with E-state index in [0.717, 1.165) is 12.0 Å². The molecule has 0 aliphatic rings. The van der Waals surface area contributed by atoms with Crippen LogP contribution in [-0.2, 0) is 11.3 Å². The Morgan fingerprint density at radius 1 is 1.45 bits per heavy atom. The summed E-state index contributed by atoms with van der Waals surface area (Å²) in [7, 11) is 0. The molecule has 0 aromatic heterocycles. The summed E-state index contributed by atoms with van der Waals surface area (Å²) in [6.07, 6.45) is 0.920. The molecule has 0 saturated heterocycles. The predicted molar refractivity (Wildman–Crippen MR) is 77.2 cm³/mol. The Bertz CT molecular complexity index is 468. The van der Waals surface area contributed by atoms with Gasteiger partial charge in [-0.25, -0.2) is 0 Å². The number of hydrogen-bond acceptors (Lipinski definition) is 4. The van der Waals surface area contributed by atoms with Crippen LogP contribution < -0.4 is 15.4 Å². The molecule has 0 aliphatic carbocycles. The molecule has 0 radical (unpaired) electrons. The molecule has 0 spiro atoms. The summed E-state index contributed by atoms with van der Waals surface area (Å²) >= 11 is 0. The number of nitrogens with zero attached hydrogens (tertiary/aromatic N) is 1. The van der Waals surface area contributed by atoms with Crippen LogP contribution in [0.4, 0.5) is 0 Å². The summed E-state index contributed by atoms with van der Waals surface area (Å²) in [5.74, 6) is 0.657. The van der Waals surface area contributed by atoms with Crippen molar-refractivity contribution in [3.05, 3.63) is 29.8 Å². The number of amides is 1. The molecule has 0 saturated carbocycles. The first-order valence-electron chi connectivity index (χ1n) is 6.77. The molecule has 2 N–H and O–H groups in total. The zero-order chi connectivity index (χ0) is 14.8. The second kappa shape index (κ2) is 8.94. The van der Waals surface area contributed by atoms with Gasteiger partial charge in [-0.15, -0.1) is 0 Å². The van der Waals surface area contributed by atoms with E-state index in [1.807, 2.05) is 44.2 Å². The molecule has 5 nitrogen and oxygen atoms in total. The lowest BCUT2D eigenvalue weighted by molar-refractivity contribution is -0.122. The number of benzene rings is 1. The van der Waals surface area contributed by atoms with Gasteiger partial charge in [-0.3, -0.25) is 4.79 Å². The molecule has 0 heterocycles. The van der Waals surface area contributed by atoms with Crippen LogP contribution >= 0.6 is 0 Å². The molecular formula is C15H21N3O2. The van der Waals surface area contributed by atoms with E-state index in [1.54, 1.807) is 0 Å². The zero-order valence-corrected chi connectivity index (χ0v) is 12.0. The molecule has 0 fully saturated rings. The van der Waals surface area contributed by atoms with Gasteiger partial charge in [0, 0.05) is 18.7 Å². The molecule has 1 atom stereocenters.